The highest BCUT2D eigenvalue weighted by molar-refractivity contribution is 7.89. The van der Waals surface area contributed by atoms with Gasteiger partial charge in [-0.1, -0.05) is 12.1 Å². The highest BCUT2D eigenvalue weighted by Crippen LogP contribution is 2.26. The molecule has 0 unspecified atom stereocenters. The van der Waals surface area contributed by atoms with E-state index in [4.69, 9.17) is 0 Å². The summed E-state index contributed by atoms with van der Waals surface area (Å²) >= 11 is 0. The first kappa shape index (κ1) is 16.4. The van der Waals surface area contributed by atoms with E-state index in [2.05, 4.69) is 24.9 Å². The average Bonchev–Trinajstić information content (AvgIpc) is 3.28. The molecule has 3 heterocycles. The van der Waals surface area contributed by atoms with E-state index in [1.54, 1.807) is 12.3 Å². The summed E-state index contributed by atoms with van der Waals surface area (Å²) < 4.78 is 40.4. The summed E-state index contributed by atoms with van der Waals surface area (Å²) in [6.07, 6.45) is 3.05. The Hall–Kier alpha value is -3.04. The molecule has 0 atom stereocenters. The van der Waals surface area contributed by atoms with Crippen LogP contribution >= 0.6 is 0 Å². The number of hydrogen-bond acceptors (Lipinski definition) is 4. The van der Waals surface area contributed by atoms with Crippen molar-refractivity contribution in [3.05, 3.63) is 66.2 Å². The number of hydrogen-bond donors (Lipinski definition) is 3. The van der Waals surface area contributed by atoms with Gasteiger partial charge in [-0.15, -0.1) is 0 Å². The molecule has 26 heavy (non-hydrogen) atoms. The van der Waals surface area contributed by atoms with Crippen molar-refractivity contribution in [1.29, 1.82) is 0 Å². The lowest BCUT2D eigenvalue weighted by atomic mass is 10.2. The van der Waals surface area contributed by atoms with Crippen LogP contribution in [0.15, 0.2) is 59.8 Å². The zero-order chi connectivity index (χ0) is 18.1. The van der Waals surface area contributed by atoms with Gasteiger partial charge in [0.05, 0.1) is 5.69 Å². The predicted molar refractivity (Wildman–Crippen MR) is 94.1 cm³/mol. The summed E-state index contributed by atoms with van der Waals surface area (Å²) in [5, 5.41) is 7.79. The molecule has 0 amide bonds. The summed E-state index contributed by atoms with van der Waals surface area (Å²) in [6.45, 7) is 0.0678. The van der Waals surface area contributed by atoms with Crippen LogP contribution in [0.5, 0.6) is 0 Å². The van der Waals surface area contributed by atoms with Gasteiger partial charge in [0.15, 0.2) is 5.65 Å². The Labute approximate surface area is 148 Å². The van der Waals surface area contributed by atoms with Crippen molar-refractivity contribution in [2.75, 3.05) is 0 Å². The smallest absolute Gasteiger partial charge is 0.242 e. The maximum absolute atomic E-state index is 12.9. The van der Waals surface area contributed by atoms with Gasteiger partial charge in [-0.25, -0.2) is 22.5 Å². The molecular weight excluding hydrogens is 357 g/mol. The highest BCUT2D eigenvalue weighted by Gasteiger charge is 2.18. The molecule has 7 nitrogen and oxygen atoms in total. The van der Waals surface area contributed by atoms with Crippen LogP contribution < -0.4 is 4.72 Å². The van der Waals surface area contributed by atoms with E-state index in [1.165, 1.54) is 36.5 Å². The van der Waals surface area contributed by atoms with Crippen molar-refractivity contribution in [3.63, 3.8) is 0 Å². The molecule has 132 valence electrons. The summed E-state index contributed by atoms with van der Waals surface area (Å²) in [7, 11) is -3.72. The number of halogens is 1. The third-order valence-electron chi connectivity index (χ3n) is 3.94. The molecule has 0 radical (unpaired) electrons. The van der Waals surface area contributed by atoms with Crippen LogP contribution in [0.25, 0.3) is 22.4 Å². The number of benzene rings is 1. The van der Waals surface area contributed by atoms with Gasteiger partial charge in [-0.2, -0.15) is 5.10 Å². The number of H-pyrrole nitrogens is 2. The summed E-state index contributed by atoms with van der Waals surface area (Å²) in [5.74, 6) is -0.368. The van der Waals surface area contributed by atoms with E-state index in [0.717, 1.165) is 5.39 Å². The van der Waals surface area contributed by atoms with Crippen LogP contribution in [0.1, 0.15) is 5.56 Å². The lowest BCUT2D eigenvalue weighted by molar-refractivity contribution is 0.581. The fraction of sp³-hybridized carbons (Fsp3) is 0.0588. The lowest BCUT2D eigenvalue weighted by Crippen LogP contribution is -2.22. The number of rotatable bonds is 5. The molecule has 1 aromatic carbocycles. The maximum Gasteiger partial charge on any atom is 0.242 e. The molecule has 3 aromatic heterocycles. The quantitative estimate of drug-likeness (QED) is 0.501. The Balaban J connectivity index is 1.57. The Morgan fingerprint density at radius 1 is 1.15 bits per heavy atom. The maximum atomic E-state index is 12.9. The van der Waals surface area contributed by atoms with E-state index in [0.29, 0.717) is 22.6 Å². The lowest BCUT2D eigenvalue weighted by Gasteiger charge is -2.05. The Kier molecular flexibility index (Phi) is 4.02. The molecule has 0 aliphatic rings. The van der Waals surface area contributed by atoms with E-state index in [-0.39, 0.29) is 17.3 Å². The fourth-order valence-corrected chi connectivity index (χ4v) is 3.60. The fourth-order valence-electron chi connectivity index (χ4n) is 2.59. The Morgan fingerprint density at radius 3 is 2.77 bits per heavy atom. The van der Waals surface area contributed by atoms with E-state index in [1.807, 2.05) is 6.07 Å². The number of nitrogens with one attached hydrogen (secondary N) is 3. The van der Waals surface area contributed by atoms with Gasteiger partial charge in [0.1, 0.15) is 16.4 Å². The average molecular weight is 371 g/mol. The molecular formula is C17H14FN5O2S. The van der Waals surface area contributed by atoms with Gasteiger partial charge < -0.3 is 4.98 Å². The topological polar surface area (TPSA) is 104 Å². The molecule has 4 aromatic rings. The third-order valence-corrected chi connectivity index (χ3v) is 5.32. The SMILES string of the molecule is O=S(=O)(NCc1ccc(F)cc1)c1c[nH]c(-c2n[nH]c3ncccc23)c1. The van der Waals surface area contributed by atoms with Crippen LogP contribution in [-0.4, -0.2) is 28.6 Å². The number of pyridine rings is 1. The van der Waals surface area contributed by atoms with Crippen molar-refractivity contribution < 1.29 is 12.8 Å². The van der Waals surface area contributed by atoms with E-state index >= 15 is 0 Å². The number of aromatic amines is 2. The van der Waals surface area contributed by atoms with Gasteiger partial charge in [-0.3, -0.25) is 5.10 Å². The molecule has 0 aliphatic carbocycles. The van der Waals surface area contributed by atoms with E-state index < -0.39 is 10.0 Å². The highest BCUT2D eigenvalue weighted by atomic mass is 32.2. The monoisotopic (exact) mass is 371 g/mol. The van der Waals surface area contributed by atoms with Gasteiger partial charge in [-0.05, 0) is 35.9 Å². The van der Waals surface area contributed by atoms with E-state index in [9.17, 15) is 12.8 Å². The molecule has 0 saturated heterocycles. The van der Waals surface area contributed by atoms with Crippen LogP contribution in [-0.2, 0) is 16.6 Å². The minimum atomic E-state index is -3.72. The number of aromatic nitrogens is 4. The van der Waals surface area contributed by atoms with Crippen molar-refractivity contribution in [3.8, 4) is 11.4 Å². The first-order valence-corrected chi connectivity index (χ1v) is 9.23. The number of fused-ring (bicyclic) bond motifs is 1. The molecule has 3 N–H and O–H groups in total. The third kappa shape index (κ3) is 3.09. The molecule has 4 rings (SSSR count). The van der Waals surface area contributed by atoms with Crippen molar-refractivity contribution in [2.24, 2.45) is 0 Å². The van der Waals surface area contributed by atoms with Crippen LogP contribution in [0.4, 0.5) is 4.39 Å². The minimum Gasteiger partial charge on any atom is -0.359 e. The van der Waals surface area contributed by atoms with Gasteiger partial charge in [0.25, 0.3) is 0 Å². The second-order valence-corrected chi connectivity index (χ2v) is 7.44. The molecule has 9 heteroatoms. The van der Waals surface area contributed by atoms with Crippen LogP contribution in [0, 0.1) is 5.82 Å². The summed E-state index contributed by atoms with van der Waals surface area (Å²) in [6, 6.07) is 10.8. The number of nitrogens with zero attached hydrogens (tertiary/aromatic N) is 2. The standard InChI is InChI=1S/C17H14FN5O2S/c18-12-5-3-11(4-6-12)9-21-26(24,25)13-8-15(20-10-13)16-14-2-1-7-19-17(14)23-22-16/h1-8,10,20-21H,9H2,(H,19,22,23). The van der Waals surface area contributed by atoms with Crippen molar-refractivity contribution in [2.45, 2.75) is 11.4 Å². The second-order valence-electron chi connectivity index (χ2n) is 5.67. The van der Waals surface area contributed by atoms with Crippen LogP contribution in [0.2, 0.25) is 0 Å². The molecule has 0 saturated carbocycles. The first-order chi connectivity index (χ1) is 12.5. The van der Waals surface area contributed by atoms with Crippen molar-refractivity contribution in [1.82, 2.24) is 24.9 Å². The zero-order valence-corrected chi connectivity index (χ0v) is 14.2. The first-order valence-electron chi connectivity index (χ1n) is 7.75. The van der Waals surface area contributed by atoms with Gasteiger partial charge >= 0.3 is 0 Å². The summed E-state index contributed by atoms with van der Waals surface area (Å²) in [5.41, 5.74) is 2.44. The zero-order valence-electron chi connectivity index (χ0n) is 13.4. The summed E-state index contributed by atoms with van der Waals surface area (Å²) in [4.78, 5) is 7.19. The second kappa shape index (κ2) is 6.36. The Bertz CT molecular complexity index is 1170. The number of sulfonamides is 1. The molecule has 0 fully saturated rings. The van der Waals surface area contributed by atoms with Gasteiger partial charge in [0, 0.05) is 24.3 Å². The molecule has 0 aliphatic heterocycles. The van der Waals surface area contributed by atoms with Gasteiger partial charge in [0.2, 0.25) is 10.0 Å². The largest absolute Gasteiger partial charge is 0.359 e. The van der Waals surface area contributed by atoms with Crippen molar-refractivity contribution >= 4 is 21.1 Å². The molecule has 0 spiro atoms. The predicted octanol–water partition coefficient (Wildman–Crippen LogP) is 2.57. The Morgan fingerprint density at radius 2 is 1.96 bits per heavy atom. The normalized spacial score (nSPS) is 11.9. The molecule has 0 bridgehead atoms. The van der Waals surface area contributed by atoms with Crippen LogP contribution in [0.3, 0.4) is 0 Å². The minimum absolute atomic E-state index is 0.0678.